The van der Waals surface area contributed by atoms with Crippen LogP contribution in [0.15, 0.2) is 0 Å². The molecule has 1 rings (SSSR count). The number of alkyl halides is 1. The molecule has 0 aliphatic carbocycles. The Labute approximate surface area is 94.5 Å². The molecule has 0 spiro atoms. The molecule has 1 fully saturated rings. The summed E-state index contributed by atoms with van der Waals surface area (Å²) < 4.78 is 10.9. The van der Waals surface area contributed by atoms with Gasteiger partial charge in [0.05, 0.1) is 12.7 Å². The maximum absolute atomic E-state index is 7.32. The van der Waals surface area contributed by atoms with Gasteiger partial charge in [-0.2, -0.15) is 5.26 Å². The van der Waals surface area contributed by atoms with Crippen molar-refractivity contribution in [3.8, 4) is 6.07 Å². The topological polar surface area (TPSA) is 42.2 Å². The highest BCUT2D eigenvalue weighted by Gasteiger charge is 2.12. The largest absolute Gasteiger partial charge is 0.353 e. The Morgan fingerprint density at radius 2 is 2.29 bits per heavy atom. The Morgan fingerprint density at radius 3 is 2.79 bits per heavy atom. The van der Waals surface area contributed by atoms with E-state index in [0.717, 1.165) is 31.4 Å². The Kier molecular flexibility index (Phi) is 10.9. The number of ether oxygens (including phenoxy) is 2. The summed E-state index contributed by atoms with van der Waals surface area (Å²) in [6.45, 7) is 3.12. The third-order valence-electron chi connectivity index (χ3n) is 1.72. The summed E-state index contributed by atoms with van der Waals surface area (Å²) in [5.74, 6) is 0. The Hall–Kier alpha value is -0.110. The molecule has 0 aromatic heterocycles. The van der Waals surface area contributed by atoms with Gasteiger partial charge in [0.2, 0.25) is 0 Å². The van der Waals surface area contributed by atoms with E-state index >= 15 is 0 Å². The average Bonchev–Trinajstić information content (AvgIpc) is 2.21. The molecule has 0 saturated carbocycles. The smallest absolute Gasteiger partial charge is 0.157 e. The van der Waals surface area contributed by atoms with Gasteiger partial charge < -0.3 is 9.47 Å². The predicted octanol–water partition coefficient (Wildman–Crippen LogP) is 2.84. The molecule has 4 heteroatoms. The van der Waals surface area contributed by atoms with Crippen molar-refractivity contribution in [2.75, 3.05) is 18.5 Å². The molecule has 0 aromatic rings. The number of nitrogens with zero attached hydrogens (tertiary/aromatic N) is 1. The molecule has 3 nitrogen and oxygen atoms in total. The van der Waals surface area contributed by atoms with E-state index in [1.165, 1.54) is 19.8 Å². The van der Waals surface area contributed by atoms with E-state index in [2.05, 4.69) is 15.9 Å². The second-order valence-electron chi connectivity index (χ2n) is 2.93. The number of nitriles is 1. The second-order valence-corrected chi connectivity index (χ2v) is 3.73. The molecule has 0 aromatic carbocycles. The van der Waals surface area contributed by atoms with Gasteiger partial charge in [0.15, 0.2) is 6.29 Å². The molecule has 1 saturated heterocycles. The van der Waals surface area contributed by atoms with Crippen LogP contribution in [0.2, 0.25) is 0 Å². The zero-order chi connectivity index (χ0) is 10.6. The molecule has 1 aliphatic rings. The molecule has 0 radical (unpaired) electrons. The van der Waals surface area contributed by atoms with Crippen molar-refractivity contribution in [3.63, 3.8) is 0 Å². The fraction of sp³-hybridized carbons (Fsp3) is 0.900. The van der Waals surface area contributed by atoms with Crippen LogP contribution in [-0.4, -0.2) is 24.8 Å². The molecular formula is C10H18BrNO2. The molecule has 0 N–H and O–H groups in total. The Bertz CT molecular complexity index is 153. The minimum absolute atomic E-state index is 0.0859. The highest BCUT2D eigenvalue weighted by atomic mass is 79.9. The van der Waals surface area contributed by atoms with Crippen LogP contribution in [0.4, 0.5) is 0 Å². The molecule has 1 aliphatic heterocycles. The van der Waals surface area contributed by atoms with E-state index in [1.54, 1.807) is 6.07 Å². The minimum Gasteiger partial charge on any atom is -0.353 e. The maximum Gasteiger partial charge on any atom is 0.157 e. The van der Waals surface area contributed by atoms with Gasteiger partial charge in [0, 0.05) is 18.9 Å². The lowest BCUT2D eigenvalue weighted by atomic mass is 10.2. The van der Waals surface area contributed by atoms with Crippen molar-refractivity contribution in [3.05, 3.63) is 0 Å². The summed E-state index contributed by atoms with van der Waals surface area (Å²) in [5, 5.41) is 8.33. The number of hydrogen-bond acceptors (Lipinski definition) is 3. The first-order valence-electron chi connectivity index (χ1n) is 4.95. The summed E-state index contributed by atoms with van der Waals surface area (Å²) in [5.41, 5.74) is 0. The van der Waals surface area contributed by atoms with Crippen LogP contribution >= 0.6 is 15.9 Å². The average molecular weight is 264 g/mol. The van der Waals surface area contributed by atoms with Gasteiger partial charge in [-0.15, -0.1) is 0 Å². The zero-order valence-corrected chi connectivity index (χ0v) is 10.3. The standard InChI is InChI=1S/C8H15BrO2.C2H3N/c9-5-3-7-11-8-4-1-2-6-10-8;1-2-3/h8H,1-7H2;1H3. The first kappa shape index (κ1) is 13.9. The van der Waals surface area contributed by atoms with Crippen LogP contribution in [0.5, 0.6) is 0 Å². The number of hydrogen-bond donors (Lipinski definition) is 0. The lowest BCUT2D eigenvalue weighted by Crippen LogP contribution is -2.22. The van der Waals surface area contributed by atoms with Crippen LogP contribution in [0.3, 0.4) is 0 Å². The minimum atomic E-state index is 0.0859. The van der Waals surface area contributed by atoms with E-state index in [9.17, 15) is 0 Å². The predicted molar refractivity (Wildman–Crippen MR) is 59.2 cm³/mol. The maximum atomic E-state index is 7.32. The van der Waals surface area contributed by atoms with E-state index in [1.807, 2.05) is 0 Å². The Balaban J connectivity index is 0.000000500. The zero-order valence-electron chi connectivity index (χ0n) is 8.67. The van der Waals surface area contributed by atoms with Crippen LogP contribution in [-0.2, 0) is 9.47 Å². The van der Waals surface area contributed by atoms with Crippen LogP contribution < -0.4 is 0 Å². The van der Waals surface area contributed by atoms with Gasteiger partial charge in [-0.25, -0.2) is 0 Å². The van der Waals surface area contributed by atoms with Gasteiger partial charge in [-0.1, -0.05) is 15.9 Å². The van der Waals surface area contributed by atoms with Gasteiger partial charge in [-0.3, -0.25) is 0 Å². The van der Waals surface area contributed by atoms with E-state index < -0.39 is 0 Å². The molecule has 1 unspecified atom stereocenters. The summed E-state index contributed by atoms with van der Waals surface area (Å²) >= 11 is 3.35. The fourth-order valence-corrected chi connectivity index (χ4v) is 1.34. The molecule has 82 valence electrons. The van der Waals surface area contributed by atoms with Crippen LogP contribution in [0, 0.1) is 11.3 Å². The SMILES string of the molecule is BrCCCOC1CCCCO1.CC#N. The van der Waals surface area contributed by atoms with Gasteiger partial charge in [0.25, 0.3) is 0 Å². The van der Waals surface area contributed by atoms with Gasteiger partial charge in [-0.05, 0) is 25.7 Å². The van der Waals surface area contributed by atoms with E-state index in [0.29, 0.717) is 0 Å². The van der Waals surface area contributed by atoms with Crippen molar-refractivity contribution in [2.24, 2.45) is 0 Å². The number of rotatable bonds is 4. The number of halogens is 1. The van der Waals surface area contributed by atoms with Crippen LogP contribution in [0.25, 0.3) is 0 Å². The van der Waals surface area contributed by atoms with Crippen molar-refractivity contribution in [1.29, 1.82) is 5.26 Å². The van der Waals surface area contributed by atoms with Crippen molar-refractivity contribution in [1.82, 2.24) is 0 Å². The summed E-state index contributed by atoms with van der Waals surface area (Å²) in [6.07, 6.45) is 4.67. The van der Waals surface area contributed by atoms with E-state index in [4.69, 9.17) is 14.7 Å². The monoisotopic (exact) mass is 263 g/mol. The van der Waals surface area contributed by atoms with Crippen molar-refractivity contribution >= 4 is 15.9 Å². The highest BCUT2D eigenvalue weighted by molar-refractivity contribution is 9.09. The van der Waals surface area contributed by atoms with Gasteiger partial charge in [0.1, 0.15) is 0 Å². The van der Waals surface area contributed by atoms with Crippen molar-refractivity contribution < 1.29 is 9.47 Å². The van der Waals surface area contributed by atoms with Crippen LogP contribution in [0.1, 0.15) is 32.6 Å². The molecule has 0 bridgehead atoms. The second kappa shape index (κ2) is 11.0. The molecule has 1 heterocycles. The first-order valence-corrected chi connectivity index (χ1v) is 6.07. The van der Waals surface area contributed by atoms with Gasteiger partial charge >= 0.3 is 0 Å². The highest BCUT2D eigenvalue weighted by Crippen LogP contribution is 2.13. The molecule has 1 atom stereocenters. The Morgan fingerprint density at radius 1 is 1.57 bits per heavy atom. The van der Waals surface area contributed by atoms with E-state index in [-0.39, 0.29) is 6.29 Å². The summed E-state index contributed by atoms with van der Waals surface area (Å²) in [4.78, 5) is 0. The quantitative estimate of drug-likeness (QED) is 0.579. The fourth-order valence-electron chi connectivity index (χ4n) is 1.11. The molecule has 14 heavy (non-hydrogen) atoms. The lowest BCUT2D eigenvalue weighted by molar-refractivity contribution is -0.161. The third-order valence-corrected chi connectivity index (χ3v) is 2.28. The normalized spacial score (nSPS) is 20.5. The first-order chi connectivity index (χ1) is 6.85. The molecular weight excluding hydrogens is 246 g/mol. The van der Waals surface area contributed by atoms with Crippen molar-refractivity contribution in [2.45, 2.75) is 38.9 Å². The molecule has 0 amide bonds. The summed E-state index contributed by atoms with van der Waals surface area (Å²) in [7, 11) is 0. The lowest BCUT2D eigenvalue weighted by Gasteiger charge is -2.22. The summed E-state index contributed by atoms with van der Waals surface area (Å²) in [6, 6.07) is 1.75. The third kappa shape index (κ3) is 8.49.